The number of hydrazine groups is 1. The first-order valence-electron chi connectivity index (χ1n) is 8.95. The molecule has 0 aromatic heterocycles. The van der Waals surface area contributed by atoms with E-state index < -0.39 is 17.9 Å². The number of carbonyl (C=O) groups is 4. The fourth-order valence-corrected chi connectivity index (χ4v) is 2.76. The van der Waals surface area contributed by atoms with Gasteiger partial charge in [-0.25, -0.2) is 0 Å². The van der Waals surface area contributed by atoms with E-state index in [0.29, 0.717) is 29.8 Å². The summed E-state index contributed by atoms with van der Waals surface area (Å²) in [6, 6.07) is 4.89. The van der Waals surface area contributed by atoms with Crippen molar-refractivity contribution in [1.82, 2.24) is 10.9 Å². The molecule has 0 fully saturated rings. The number of anilines is 1. The maximum Gasteiger partial charge on any atom is 0.268 e. The Bertz CT molecular complexity index is 760. The van der Waals surface area contributed by atoms with E-state index in [9.17, 15) is 19.2 Å². The summed E-state index contributed by atoms with van der Waals surface area (Å²) in [6.07, 6.45) is 0.373. The molecule has 0 spiro atoms. The lowest BCUT2D eigenvalue weighted by molar-refractivity contribution is -0.131. The van der Waals surface area contributed by atoms with Crippen molar-refractivity contribution in [3.05, 3.63) is 23.8 Å². The molecule has 1 aliphatic heterocycles. The second kappa shape index (κ2) is 8.66. The van der Waals surface area contributed by atoms with Crippen LogP contribution in [0.5, 0.6) is 5.75 Å². The molecular weight excluding hydrogens is 350 g/mol. The zero-order valence-corrected chi connectivity index (χ0v) is 16.0. The van der Waals surface area contributed by atoms with Crippen LogP contribution in [0.3, 0.4) is 0 Å². The van der Waals surface area contributed by atoms with Gasteiger partial charge in [0, 0.05) is 18.9 Å². The smallest absolute Gasteiger partial charge is 0.268 e. The molecule has 146 valence electrons. The first kappa shape index (κ1) is 20.4. The summed E-state index contributed by atoms with van der Waals surface area (Å²) in [4.78, 5) is 49.5. The highest BCUT2D eigenvalue weighted by Crippen LogP contribution is 2.36. The number of fused-ring (bicyclic) bond motifs is 1. The number of ether oxygens (including phenoxy) is 1. The second-order valence-electron chi connectivity index (χ2n) is 6.79. The fourth-order valence-electron chi connectivity index (χ4n) is 2.76. The van der Waals surface area contributed by atoms with Crippen molar-refractivity contribution < 1.29 is 23.9 Å². The van der Waals surface area contributed by atoms with Gasteiger partial charge in [-0.05, 0) is 30.5 Å². The van der Waals surface area contributed by atoms with E-state index in [4.69, 9.17) is 4.74 Å². The molecule has 3 amide bonds. The molecule has 1 aliphatic rings. The highest BCUT2D eigenvalue weighted by molar-refractivity contribution is 6.06. The minimum absolute atomic E-state index is 0.0404. The molecule has 0 aliphatic carbocycles. The third-order valence-corrected chi connectivity index (χ3v) is 4.10. The van der Waals surface area contributed by atoms with E-state index in [2.05, 4.69) is 10.9 Å². The Morgan fingerprint density at radius 2 is 1.93 bits per heavy atom. The summed E-state index contributed by atoms with van der Waals surface area (Å²) in [5.41, 5.74) is 5.27. The highest BCUT2D eigenvalue weighted by Gasteiger charge is 2.37. The summed E-state index contributed by atoms with van der Waals surface area (Å²) < 4.78 is 5.81. The van der Waals surface area contributed by atoms with Crippen LogP contribution in [0.4, 0.5) is 5.69 Å². The summed E-state index contributed by atoms with van der Waals surface area (Å²) in [5, 5.41) is 0. The van der Waals surface area contributed by atoms with E-state index in [1.165, 1.54) is 11.8 Å². The Hall–Kier alpha value is -2.90. The number of hydrogen-bond acceptors (Lipinski definition) is 5. The monoisotopic (exact) mass is 375 g/mol. The van der Waals surface area contributed by atoms with Crippen LogP contribution in [0.15, 0.2) is 18.2 Å². The molecule has 8 nitrogen and oxygen atoms in total. The average molecular weight is 375 g/mol. The number of Topliss-reactive ketones (excluding diaryl/α,β-unsaturated/α-hetero) is 1. The molecule has 0 radical (unpaired) electrons. The van der Waals surface area contributed by atoms with Crippen molar-refractivity contribution in [1.29, 1.82) is 0 Å². The summed E-state index contributed by atoms with van der Waals surface area (Å²) in [6.45, 7) is 6.57. The van der Waals surface area contributed by atoms with Crippen LogP contribution in [0.2, 0.25) is 0 Å². The third-order valence-electron chi connectivity index (χ3n) is 4.10. The van der Waals surface area contributed by atoms with E-state index >= 15 is 0 Å². The minimum Gasteiger partial charge on any atom is -0.478 e. The van der Waals surface area contributed by atoms with Gasteiger partial charge in [0.25, 0.3) is 11.8 Å². The number of amides is 3. The number of nitrogens with zero attached hydrogens (tertiary/aromatic N) is 1. The Labute approximate surface area is 158 Å². The lowest BCUT2D eigenvalue weighted by Crippen LogP contribution is -2.53. The van der Waals surface area contributed by atoms with E-state index in [-0.39, 0.29) is 24.2 Å². The maximum atomic E-state index is 12.9. The molecule has 0 bridgehead atoms. The number of nitrogens with one attached hydrogen (secondary N) is 2. The predicted octanol–water partition coefficient (Wildman–Crippen LogP) is 1.59. The lowest BCUT2D eigenvalue weighted by Gasteiger charge is -2.35. The first-order chi connectivity index (χ1) is 12.7. The van der Waals surface area contributed by atoms with Crippen molar-refractivity contribution in [2.45, 2.75) is 46.6 Å². The van der Waals surface area contributed by atoms with Crippen LogP contribution in [0.1, 0.15) is 50.9 Å². The Morgan fingerprint density at radius 1 is 1.22 bits per heavy atom. The molecule has 0 saturated heterocycles. The third kappa shape index (κ3) is 4.84. The van der Waals surface area contributed by atoms with Crippen molar-refractivity contribution in [3.8, 4) is 5.75 Å². The van der Waals surface area contributed by atoms with Gasteiger partial charge in [0.15, 0.2) is 11.9 Å². The molecule has 2 rings (SSSR count). The molecule has 2 N–H and O–H groups in total. The topological polar surface area (TPSA) is 105 Å². The molecule has 1 unspecified atom stereocenters. The van der Waals surface area contributed by atoms with Gasteiger partial charge in [0.1, 0.15) is 12.3 Å². The SMILES string of the molecule is CCCC(=O)c1ccc2c(c1)N(CC(=O)NNC(C)=O)C(=O)C(C(C)C)O2. The lowest BCUT2D eigenvalue weighted by atomic mass is 10.0. The van der Waals surface area contributed by atoms with Crippen LogP contribution in [-0.2, 0) is 14.4 Å². The van der Waals surface area contributed by atoms with Gasteiger partial charge in [-0.1, -0.05) is 20.8 Å². The standard InChI is InChI=1S/C19H25N3O5/c1-5-6-15(24)13-7-8-16-14(9-13)22(10-17(25)21-20-12(4)23)19(26)18(27-16)11(2)3/h7-9,11,18H,5-6,10H2,1-4H3,(H,20,23)(H,21,25). The molecule has 8 heteroatoms. The number of hydrogen-bond donors (Lipinski definition) is 2. The van der Waals surface area contributed by atoms with Crippen molar-refractivity contribution in [2.75, 3.05) is 11.4 Å². The molecule has 1 aromatic carbocycles. The van der Waals surface area contributed by atoms with E-state index in [1.54, 1.807) is 18.2 Å². The van der Waals surface area contributed by atoms with Gasteiger partial charge in [0.2, 0.25) is 5.91 Å². The summed E-state index contributed by atoms with van der Waals surface area (Å²) >= 11 is 0. The number of benzene rings is 1. The maximum absolute atomic E-state index is 12.9. The van der Waals surface area contributed by atoms with Gasteiger partial charge >= 0.3 is 0 Å². The molecule has 0 saturated carbocycles. The molecular formula is C19H25N3O5. The molecule has 1 aromatic rings. The summed E-state index contributed by atoms with van der Waals surface area (Å²) in [5.74, 6) is -1.05. The minimum atomic E-state index is -0.733. The normalized spacial score (nSPS) is 15.8. The van der Waals surface area contributed by atoms with Crippen LogP contribution in [0.25, 0.3) is 0 Å². The van der Waals surface area contributed by atoms with Gasteiger partial charge in [-0.15, -0.1) is 0 Å². The van der Waals surface area contributed by atoms with E-state index in [0.717, 1.165) is 0 Å². The Balaban J connectivity index is 2.36. The van der Waals surface area contributed by atoms with Crippen LogP contribution in [-0.4, -0.2) is 36.2 Å². The van der Waals surface area contributed by atoms with Gasteiger partial charge < -0.3 is 4.74 Å². The van der Waals surface area contributed by atoms with Crippen molar-refractivity contribution in [3.63, 3.8) is 0 Å². The van der Waals surface area contributed by atoms with Crippen LogP contribution in [0, 0.1) is 5.92 Å². The predicted molar refractivity (Wildman–Crippen MR) is 99.2 cm³/mol. The highest BCUT2D eigenvalue weighted by atomic mass is 16.5. The van der Waals surface area contributed by atoms with Gasteiger partial charge in [0.05, 0.1) is 5.69 Å². The second-order valence-corrected chi connectivity index (χ2v) is 6.79. The Kier molecular flexibility index (Phi) is 6.55. The van der Waals surface area contributed by atoms with E-state index in [1.807, 2.05) is 20.8 Å². The zero-order valence-electron chi connectivity index (χ0n) is 16.0. The fraction of sp³-hybridized carbons (Fsp3) is 0.474. The van der Waals surface area contributed by atoms with Gasteiger partial charge in [-0.2, -0.15) is 0 Å². The summed E-state index contributed by atoms with van der Waals surface area (Å²) in [7, 11) is 0. The first-order valence-corrected chi connectivity index (χ1v) is 8.95. The van der Waals surface area contributed by atoms with Crippen molar-refractivity contribution in [2.24, 2.45) is 5.92 Å². The largest absolute Gasteiger partial charge is 0.478 e. The van der Waals surface area contributed by atoms with Crippen molar-refractivity contribution >= 4 is 29.2 Å². The molecule has 1 atom stereocenters. The van der Waals surface area contributed by atoms with Crippen LogP contribution < -0.4 is 20.5 Å². The number of carbonyl (C=O) groups excluding carboxylic acids is 4. The van der Waals surface area contributed by atoms with Gasteiger partial charge in [-0.3, -0.25) is 34.9 Å². The number of rotatable bonds is 6. The molecule has 1 heterocycles. The quantitative estimate of drug-likeness (QED) is 0.580. The average Bonchev–Trinajstić information content (AvgIpc) is 2.61. The Morgan fingerprint density at radius 3 is 2.52 bits per heavy atom. The van der Waals surface area contributed by atoms with Crippen LogP contribution >= 0.6 is 0 Å². The molecule has 27 heavy (non-hydrogen) atoms. The zero-order chi connectivity index (χ0) is 20.1. The number of ketones is 1.